The minimum Gasteiger partial charge on any atom is -0.493 e. The Morgan fingerprint density at radius 3 is 2.58 bits per heavy atom. The molecule has 0 spiro atoms. The van der Waals surface area contributed by atoms with Crippen LogP contribution in [0.5, 0.6) is 11.5 Å². The van der Waals surface area contributed by atoms with Gasteiger partial charge in [0.25, 0.3) is 0 Å². The minimum absolute atomic E-state index is 0.503. The van der Waals surface area contributed by atoms with E-state index in [0.717, 1.165) is 27.9 Å². The van der Waals surface area contributed by atoms with E-state index in [2.05, 4.69) is 9.97 Å². The van der Waals surface area contributed by atoms with Gasteiger partial charge in [0.05, 0.1) is 18.3 Å². The number of aromatic nitrogens is 2. The molecule has 4 rings (SSSR count). The summed E-state index contributed by atoms with van der Waals surface area (Å²) in [7, 11) is 1.67. The molecule has 1 aliphatic carbocycles. The van der Waals surface area contributed by atoms with Crippen LogP contribution in [0.4, 0.5) is 0 Å². The number of benzene rings is 2. The molecule has 1 saturated carbocycles. The van der Waals surface area contributed by atoms with Gasteiger partial charge in [-0.15, -0.1) is 0 Å². The summed E-state index contributed by atoms with van der Waals surface area (Å²) in [4.78, 5) is 8.95. The van der Waals surface area contributed by atoms with Gasteiger partial charge in [-0.25, -0.2) is 9.97 Å². The largest absolute Gasteiger partial charge is 0.493 e. The fraction of sp³-hybridized carbons (Fsp3) is 0.300. The second kappa shape index (κ2) is 6.48. The van der Waals surface area contributed by atoms with Gasteiger partial charge in [-0.1, -0.05) is 36.8 Å². The zero-order valence-corrected chi connectivity index (χ0v) is 13.7. The van der Waals surface area contributed by atoms with Gasteiger partial charge in [0.1, 0.15) is 12.9 Å². The Hall–Kier alpha value is -2.62. The third kappa shape index (κ3) is 2.80. The minimum atomic E-state index is 0.503. The predicted octanol–water partition coefficient (Wildman–Crippen LogP) is 4.48. The maximum atomic E-state index is 5.98. The van der Waals surface area contributed by atoms with Crippen LogP contribution in [0.2, 0.25) is 0 Å². The monoisotopic (exact) mass is 320 g/mol. The highest BCUT2D eigenvalue weighted by Gasteiger charge is 2.24. The van der Waals surface area contributed by atoms with Crippen LogP contribution in [0, 0.1) is 0 Å². The smallest absolute Gasteiger partial charge is 0.163 e. The topological polar surface area (TPSA) is 44.2 Å². The average Bonchev–Trinajstić information content (AvgIpc) is 2.59. The average molecular weight is 320 g/mol. The van der Waals surface area contributed by atoms with Crippen molar-refractivity contribution in [2.45, 2.75) is 31.8 Å². The zero-order valence-electron chi connectivity index (χ0n) is 13.7. The standard InChI is InChI=1S/C20H20N2O2/c1-23-18-10-16-17(21-13-22-20(16)15-8-5-9-15)11-19(18)24-12-14-6-3-2-4-7-14/h2-4,6-7,10-11,13,15H,5,8-9,12H2,1H3. The number of fused-ring (bicyclic) bond motifs is 1. The molecule has 0 bridgehead atoms. The number of methoxy groups -OCH3 is 1. The Balaban J connectivity index is 1.68. The Morgan fingerprint density at radius 1 is 1.04 bits per heavy atom. The molecule has 4 nitrogen and oxygen atoms in total. The van der Waals surface area contributed by atoms with Gasteiger partial charge < -0.3 is 9.47 Å². The lowest BCUT2D eigenvalue weighted by atomic mass is 9.81. The van der Waals surface area contributed by atoms with Crippen LogP contribution in [0.3, 0.4) is 0 Å². The van der Waals surface area contributed by atoms with Crippen LogP contribution in [-0.2, 0) is 6.61 Å². The van der Waals surface area contributed by atoms with Crippen LogP contribution in [0.1, 0.15) is 36.4 Å². The van der Waals surface area contributed by atoms with Crippen LogP contribution < -0.4 is 9.47 Å². The van der Waals surface area contributed by atoms with Crippen LogP contribution in [0.25, 0.3) is 10.9 Å². The molecule has 0 unspecified atom stereocenters. The molecule has 1 aliphatic rings. The number of hydrogen-bond acceptors (Lipinski definition) is 4. The normalized spacial score (nSPS) is 14.4. The molecule has 0 amide bonds. The molecule has 122 valence electrons. The van der Waals surface area contributed by atoms with Gasteiger partial charge in [0.2, 0.25) is 0 Å². The van der Waals surface area contributed by atoms with Crippen molar-refractivity contribution in [2.24, 2.45) is 0 Å². The first kappa shape index (κ1) is 14.9. The van der Waals surface area contributed by atoms with Crippen LogP contribution in [0.15, 0.2) is 48.8 Å². The Bertz CT molecular complexity index is 845. The highest BCUT2D eigenvalue weighted by atomic mass is 16.5. The molecule has 0 atom stereocenters. The van der Waals surface area contributed by atoms with Crippen molar-refractivity contribution in [2.75, 3.05) is 7.11 Å². The summed E-state index contributed by atoms with van der Waals surface area (Å²) in [5, 5.41) is 1.08. The SMILES string of the molecule is COc1cc2c(C3CCC3)ncnc2cc1OCc1ccccc1. The maximum Gasteiger partial charge on any atom is 0.163 e. The van der Waals surface area contributed by atoms with E-state index < -0.39 is 0 Å². The molecule has 0 N–H and O–H groups in total. The summed E-state index contributed by atoms with van der Waals surface area (Å²) in [6.07, 6.45) is 5.36. The van der Waals surface area contributed by atoms with Gasteiger partial charge in [-0.3, -0.25) is 0 Å². The van der Waals surface area contributed by atoms with E-state index in [1.807, 2.05) is 42.5 Å². The van der Waals surface area contributed by atoms with Crippen molar-refractivity contribution in [3.05, 3.63) is 60.0 Å². The van der Waals surface area contributed by atoms with E-state index >= 15 is 0 Å². The molecule has 1 fully saturated rings. The first-order valence-corrected chi connectivity index (χ1v) is 8.34. The highest BCUT2D eigenvalue weighted by Crippen LogP contribution is 2.40. The van der Waals surface area contributed by atoms with Gasteiger partial charge in [0.15, 0.2) is 11.5 Å². The second-order valence-corrected chi connectivity index (χ2v) is 6.18. The number of hydrogen-bond donors (Lipinski definition) is 0. The third-order valence-corrected chi connectivity index (χ3v) is 4.68. The summed E-state index contributed by atoms with van der Waals surface area (Å²) in [5.74, 6) is 2.00. The number of rotatable bonds is 5. The number of ether oxygens (including phenoxy) is 2. The lowest BCUT2D eigenvalue weighted by Crippen LogP contribution is -2.11. The Kier molecular flexibility index (Phi) is 4.03. The Labute approximate surface area is 141 Å². The Morgan fingerprint density at radius 2 is 1.88 bits per heavy atom. The van der Waals surface area contributed by atoms with Crippen molar-refractivity contribution < 1.29 is 9.47 Å². The fourth-order valence-corrected chi connectivity index (χ4v) is 3.10. The van der Waals surface area contributed by atoms with Crippen LogP contribution in [-0.4, -0.2) is 17.1 Å². The first-order chi connectivity index (χ1) is 11.8. The van der Waals surface area contributed by atoms with E-state index in [-0.39, 0.29) is 0 Å². The van der Waals surface area contributed by atoms with Gasteiger partial charge in [-0.2, -0.15) is 0 Å². The molecule has 1 heterocycles. The van der Waals surface area contributed by atoms with Gasteiger partial charge in [-0.05, 0) is 24.5 Å². The molecule has 0 saturated heterocycles. The summed E-state index contributed by atoms with van der Waals surface area (Å²) >= 11 is 0. The maximum absolute atomic E-state index is 5.98. The van der Waals surface area contributed by atoms with E-state index in [0.29, 0.717) is 18.3 Å². The van der Waals surface area contributed by atoms with Gasteiger partial charge >= 0.3 is 0 Å². The predicted molar refractivity (Wildman–Crippen MR) is 93.5 cm³/mol. The molecule has 0 aliphatic heterocycles. The lowest BCUT2D eigenvalue weighted by molar-refractivity contribution is 0.285. The van der Waals surface area contributed by atoms with Crippen molar-refractivity contribution >= 4 is 10.9 Å². The highest BCUT2D eigenvalue weighted by molar-refractivity contribution is 5.85. The molecular formula is C20H20N2O2. The molecule has 2 aromatic carbocycles. The van der Waals surface area contributed by atoms with Crippen molar-refractivity contribution in [1.29, 1.82) is 0 Å². The summed E-state index contributed by atoms with van der Waals surface area (Å²) in [5.41, 5.74) is 3.17. The quantitative estimate of drug-likeness (QED) is 0.695. The van der Waals surface area contributed by atoms with Crippen molar-refractivity contribution in [1.82, 2.24) is 9.97 Å². The van der Waals surface area contributed by atoms with E-state index in [9.17, 15) is 0 Å². The molecular weight excluding hydrogens is 300 g/mol. The van der Waals surface area contributed by atoms with E-state index in [1.54, 1.807) is 13.4 Å². The first-order valence-electron chi connectivity index (χ1n) is 8.34. The molecule has 3 aromatic rings. The lowest BCUT2D eigenvalue weighted by Gasteiger charge is -2.25. The summed E-state index contributed by atoms with van der Waals surface area (Å²) in [6, 6.07) is 14.1. The van der Waals surface area contributed by atoms with E-state index in [1.165, 1.54) is 19.3 Å². The fourth-order valence-electron chi connectivity index (χ4n) is 3.10. The van der Waals surface area contributed by atoms with Crippen LogP contribution >= 0.6 is 0 Å². The third-order valence-electron chi connectivity index (χ3n) is 4.68. The molecule has 1 aromatic heterocycles. The molecule has 0 radical (unpaired) electrons. The van der Waals surface area contributed by atoms with E-state index in [4.69, 9.17) is 9.47 Å². The molecule has 24 heavy (non-hydrogen) atoms. The van der Waals surface area contributed by atoms with Gasteiger partial charge in [0, 0.05) is 17.4 Å². The zero-order chi connectivity index (χ0) is 16.4. The summed E-state index contributed by atoms with van der Waals surface area (Å²) < 4.78 is 11.5. The van der Waals surface area contributed by atoms with Crippen molar-refractivity contribution in [3.8, 4) is 11.5 Å². The van der Waals surface area contributed by atoms with Crippen molar-refractivity contribution in [3.63, 3.8) is 0 Å². The molecule has 4 heteroatoms. The second-order valence-electron chi connectivity index (χ2n) is 6.18. The summed E-state index contributed by atoms with van der Waals surface area (Å²) in [6.45, 7) is 0.503. The number of nitrogens with zero attached hydrogens (tertiary/aromatic N) is 2.